The molecule has 0 N–H and O–H groups in total. The molecule has 0 bridgehead atoms. The second-order valence-electron chi connectivity index (χ2n) is 5.17. The second-order valence-corrected chi connectivity index (χ2v) is 5.17. The van der Waals surface area contributed by atoms with Crippen LogP contribution in [0.1, 0.15) is 19.4 Å². The van der Waals surface area contributed by atoms with Crippen molar-refractivity contribution >= 4 is 5.91 Å². The molecule has 0 radical (unpaired) electrons. The zero-order chi connectivity index (χ0) is 15.2. The van der Waals surface area contributed by atoms with Crippen LogP contribution in [0.25, 0.3) is 5.69 Å². The summed E-state index contributed by atoms with van der Waals surface area (Å²) >= 11 is 0. The van der Waals surface area contributed by atoms with Crippen LogP contribution in [-0.4, -0.2) is 33.7 Å². The van der Waals surface area contributed by atoms with E-state index in [1.807, 2.05) is 55.3 Å². The van der Waals surface area contributed by atoms with Gasteiger partial charge < -0.3 is 4.90 Å². The smallest absolute Gasteiger partial charge is 0.227 e. The van der Waals surface area contributed by atoms with Crippen molar-refractivity contribution in [3.05, 3.63) is 60.4 Å². The third-order valence-electron chi connectivity index (χ3n) is 3.21. The summed E-state index contributed by atoms with van der Waals surface area (Å²) in [7, 11) is 0. The number of benzene rings is 1. The second kappa shape index (κ2) is 6.88. The first-order valence-electron chi connectivity index (χ1n) is 7.11. The largest absolute Gasteiger partial charge is 0.339 e. The van der Waals surface area contributed by atoms with Crippen molar-refractivity contribution in [1.82, 2.24) is 14.7 Å². The van der Waals surface area contributed by atoms with Crippen molar-refractivity contribution in [2.45, 2.75) is 20.3 Å². The number of carbonyl (C=O) groups is 1. The van der Waals surface area contributed by atoms with Gasteiger partial charge in [0.1, 0.15) is 0 Å². The first-order chi connectivity index (χ1) is 10.1. The number of carbonyl (C=O) groups excluding carboxylic acids is 1. The molecular formula is C17H21N3O. The highest BCUT2D eigenvalue weighted by atomic mass is 16.2. The predicted octanol–water partition coefficient (Wildman–Crippen LogP) is 2.84. The molecule has 1 aromatic carbocycles. The van der Waals surface area contributed by atoms with Crippen LogP contribution in [0.2, 0.25) is 0 Å². The standard InChI is InChI=1S/C17H21N3O/c1-4-19(12-14(2)3)17(21)10-15-11-18-20(13-15)16-8-6-5-7-9-16/h5-9,11,13H,2,4,10,12H2,1,3H3. The third kappa shape index (κ3) is 4.05. The predicted molar refractivity (Wildman–Crippen MR) is 84.3 cm³/mol. The zero-order valence-corrected chi connectivity index (χ0v) is 12.6. The molecule has 0 fully saturated rings. The van der Waals surface area contributed by atoms with E-state index in [0.29, 0.717) is 19.5 Å². The molecule has 2 rings (SSSR count). The molecule has 0 aliphatic heterocycles. The minimum atomic E-state index is 0.105. The molecule has 0 atom stereocenters. The highest BCUT2D eigenvalue weighted by Gasteiger charge is 2.13. The maximum atomic E-state index is 12.3. The summed E-state index contributed by atoms with van der Waals surface area (Å²) < 4.78 is 1.79. The third-order valence-corrected chi connectivity index (χ3v) is 3.21. The van der Waals surface area contributed by atoms with Gasteiger partial charge in [-0.1, -0.05) is 30.4 Å². The van der Waals surface area contributed by atoms with E-state index in [1.54, 1.807) is 10.9 Å². The molecule has 1 amide bonds. The van der Waals surface area contributed by atoms with Gasteiger partial charge in [-0.05, 0) is 31.5 Å². The van der Waals surface area contributed by atoms with Crippen LogP contribution >= 0.6 is 0 Å². The van der Waals surface area contributed by atoms with Crippen LogP contribution < -0.4 is 0 Å². The van der Waals surface area contributed by atoms with Crippen molar-refractivity contribution in [2.24, 2.45) is 0 Å². The van der Waals surface area contributed by atoms with E-state index >= 15 is 0 Å². The van der Waals surface area contributed by atoms with Gasteiger partial charge in [-0.2, -0.15) is 5.10 Å². The van der Waals surface area contributed by atoms with Gasteiger partial charge in [0.2, 0.25) is 5.91 Å². The lowest BCUT2D eigenvalue weighted by atomic mass is 10.2. The van der Waals surface area contributed by atoms with Gasteiger partial charge in [-0.3, -0.25) is 4.79 Å². The SMILES string of the molecule is C=C(C)CN(CC)C(=O)Cc1cnn(-c2ccccc2)c1. The fourth-order valence-corrected chi connectivity index (χ4v) is 2.16. The molecule has 21 heavy (non-hydrogen) atoms. The van der Waals surface area contributed by atoms with Crippen LogP contribution in [0.3, 0.4) is 0 Å². The van der Waals surface area contributed by atoms with Crippen LogP contribution in [-0.2, 0) is 11.2 Å². The van der Waals surface area contributed by atoms with Crippen LogP contribution in [0.4, 0.5) is 0 Å². The minimum Gasteiger partial charge on any atom is -0.339 e. The fraction of sp³-hybridized carbons (Fsp3) is 0.294. The number of likely N-dealkylation sites (N-methyl/N-ethyl adjacent to an activating group) is 1. The molecule has 0 unspecified atom stereocenters. The monoisotopic (exact) mass is 283 g/mol. The Kier molecular flexibility index (Phi) is 4.93. The Morgan fingerprint density at radius 2 is 2.05 bits per heavy atom. The quantitative estimate of drug-likeness (QED) is 0.765. The molecule has 4 nitrogen and oxygen atoms in total. The van der Waals surface area contributed by atoms with Gasteiger partial charge in [0.05, 0.1) is 18.3 Å². The number of hydrogen-bond acceptors (Lipinski definition) is 2. The molecule has 0 aliphatic carbocycles. The molecule has 0 saturated heterocycles. The Morgan fingerprint density at radius 1 is 1.33 bits per heavy atom. The van der Waals surface area contributed by atoms with Gasteiger partial charge in [0, 0.05) is 19.3 Å². The normalized spacial score (nSPS) is 10.4. The molecule has 0 saturated carbocycles. The number of rotatable bonds is 6. The average Bonchev–Trinajstić information content (AvgIpc) is 2.94. The highest BCUT2D eigenvalue weighted by Crippen LogP contribution is 2.09. The Hall–Kier alpha value is -2.36. The van der Waals surface area contributed by atoms with Gasteiger partial charge in [-0.25, -0.2) is 4.68 Å². The summed E-state index contributed by atoms with van der Waals surface area (Å²) in [6.07, 6.45) is 4.02. The molecular weight excluding hydrogens is 262 g/mol. The van der Waals surface area contributed by atoms with E-state index in [-0.39, 0.29) is 5.91 Å². The molecule has 110 valence electrons. The van der Waals surface area contributed by atoms with Gasteiger partial charge in [0.15, 0.2) is 0 Å². The van der Waals surface area contributed by atoms with Crippen LogP contribution in [0.15, 0.2) is 54.9 Å². The lowest BCUT2D eigenvalue weighted by Gasteiger charge is -2.20. The van der Waals surface area contributed by atoms with E-state index in [1.165, 1.54) is 0 Å². The Bertz CT molecular complexity index is 616. The molecule has 2 aromatic rings. The van der Waals surface area contributed by atoms with Gasteiger partial charge >= 0.3 is 0 Å². The van der Waals surface area contributed by atoms with Crippen molar-refractivity contribution in [1.29, 1.82) is 0 Å². The Morgan fingerprint density at radius 3 is 2.67 bits per heavy atom. The maximum Gasteiger partial charge on any atom is 0.227 e. The number of hydrogen-bond donors (Lipinski definition) is 0. The van der Waals surface area contributed by atoms with Crippen molar-refractivity contribution in [2.75, 3.05) is 13.1 Å². The summed E-state index contributed by atoms with van der Waals surface area (Å²) in [6, 6.07) is 9.87. The lowest BCUT2D eigenvalue weighted by Crippen LogP contribution is -2.33. The molecule has 4 heteroatoms. The number of aromatic nitrogens is 2. The lowest BCUT2D eigenvalue weighted by molar-refractivity contribution is -0.129. The van der Waals surface area contributed by atoms with Crippen LogP contribution in [0.5, 0.6) is 0 Å². The fourth-order valence-electron chi connectivity index (χ4n) is 2.16. The summed E-state index contributed by atoms with van der Waals surface area (Å²) in [5.74, 6) is 0.105. The summed E-state index contributed by atoms with van der Waals surface area (Å²) in [5.41, 5.74) is 2.90. The number of amides is 1. The Labute approximate surface area is 125 Å². The Balaban J connectivity index is 2.05. The van der Waals surface area contributed by atoms with E-state index in [0.717, 1.165) is 16.8 Å². The van der Waals surface area contributed by atoms with E-state index < -0.39 is 0 Å². The molecule has 1 heterocycles. The molecule has 0 aliphatic rings. The van der Waals surface area contributed by atoms with Gasteiger partial charge in [-0.15, -0.1) is 0 Å². The van der Waals surface area contributed by atoms with Crippen molar-refractivity contribution in [3.8, 4) is 5.69 Å². The summed E-state index contributed by atoms with van der Waals surface area (Å²) in [4.78, 5) is 14.1. The topological polar surface area (TPSA) is 38.1 Å². The average molecular weight is 283 g/mol. The number of para-hydroxylation sites is 1. The minimum absolute atomic E-state index is 0.105. The van der Waals surface area contributed by atoms with E-state index in [9.17, 15) is 4.79 Å². The first-order valence-corrected chi connectivity index (χ1v) is 7.11. The summed E-state index contributed by atoms with van der Waals surface area (Å²) in [5, 5.41) is 4.31. The van der Waals surface area contributed by atoms with E-state index in [4.69, 9.17) is 0 Å². The molecule has 0 spiro atoms. The molecule has 1 aromatic heterocycles. The zero-order valence-electron chi connectivity index (χ0n) is 12.6. The van der Waals surface area contributed by atoms with Crippen LogP contribution in [0, 0.1) is 0 Å². The van der Waals surface area contributed by atoms with Crippen molar-refractivity contribution in [3.63, 3.8) is 0 Å². The number of nitrogens with zero attached hydrogens (tertiary/aromatic N) is 3. The van der Waals surface area contributed by atoms with Gasteiger partial charge in [0.25, 0.3) is 0 Å². The maximum absolute atomic E-state index is 12.3. The van der Waals surface area contributed by atoms with Crippen molar-refractivity contribution < 1.29 is 4.79 Å². The van der Waals surface area contributed by atoms with E-state index in [2.05, 4.69) is 11.7 Å². The summed E-state index contributed by atoms with van der Waals surface area (Å²) in [6.45, 7) is 9.09. The first kappa shape index (κ1) is 15.0. The highest BCUT2D eigenvalue weighted by molar-refractivity contribution is 5.78.